The molecule has 5 nitrogen and oxygen atoms in total. The molecular formula is C47H32N4O. The molecule has 5 heteroatoms. The van der Waals surface area contributed by atoms with Crippen molar-refractivity contribution in [3.05, 3.63) is 169 Å². The van der Waals surface area contributed by atoms with Crippen LogP contribution in [0, 0.1) is 13.8 Å². The maximum Gasteiger partial charge on any atom is 0.164 e. The van der Waals surface area contributed by atoms with Crippen molar-refractivity contribution in [2.24, 2.45) is 0 Å². The largest absolute Gasteiger partial charge is 0.456 e. The topological polar surface area (TPSA) is 56.7 Å². The first-order valence-electron chi connectivity index (χ1n) is 17.5. The highest BCUT2D eigenvalue weighted by Gasteiger charge is 2.20. The van der Waals surface area contributed by atoms with Gasteiger partial charge in [-0.3, -0.25) is 0 Å². The van der Waals surface area contributed by atoms with E-state index in [1.54, 1.807) is 0 Å². The molecule has 0 unspecified atom stereocenters. The van der Waals surface area contributed by atoms with Crippen molar-refractivity contribution in [1.29, 1.82) is 0 Å². The minimum absolute atomic E-state index is 0.600. The summed E-state index contributed by atoms with van der Waals surface area (Å²) >= 11 is 0. The van der Waals surface area contributed by atoms with Gasteiger partial charge in [-0.2, -0.15) is 0 Å². The lowest BCUT2D eigenvalue weighted by Crippen LogP contribution is -2.00. The Hall–Kier alpha value is -6.85. The number of furan rings is 1. The summed E-state index contributed by atoms with van der Waals surface area (Å²) < 4.78 is 8.89. The van der Waals surface area contributed by atoms with Gasteiger partial charge in [-0.15, -0.1) is 0 Å². The Bertz CT molecular complexity index is 2920. The summed E-state index contributed by atoms with van der Waals surface area (Å²) in [5.41, 5.74) is 12.8. The van der Waals surface area contributed by atoms with E-state index in [1.165, 1.54) is 38.5 Å². The minimum Gasteiger partial charge on any atom is -0.456 e. The number of hydrogen-bond donors (Lipinski definition) is 0. The van der Waals surface area contributed by atoms with Gasteiger partial charge in [-0.1, -0.05) is 115 Å². The Labute approximate surface area is 300 Å². The van der Waals surface area contributed by atoms with Crippen molar-refractivity contribution in [2.45, 2.75) is 13.8 Å². The van der Waals surface area contributed by atoms with E-state index in [2.05, 4.69) is 103 Å². The standard InChI is InChI=1S/C47H32N4O/c1-29-14-9-10-19-34(29)37-28-38-35-20-11-12-22-40(35)51(41(38)26-30(37)2)33-24-25-42-39(27-33)44-36(21-13-23-43(44)52-42)47-49-45(31-15-5-3-6-16-31)48-46(50-47)32-17-7-4-8-18-32/h3-28H,1-2H3. The lowest BCUT2D eigenvalue weighted by Gasteiger charge is -2.12. The van der Waals surface area contributed by atoms with Crippen LogP contribution in [-0.2, 0) is 0 Å². The van der Waals surface area contributed by atoms with E-state index >= 15 is 0 Å². The Morgan fingerprint density at radius 3 is 1.83 bits per heavy atom. The number of hydrogen-bond acceptors (Lipinski definition) is 4. The molecule has 3 heterocycles. The van der Waals surface area contributed by atoms with Crippen LogP contribution in [0.4, 0.5) is 0 Å². The number of fused-ring (bicyclic) bond motifs is 6. The Kier molecular flexibility index (Phi) is 6.86. The Morgan fingerprint density at radius 2 is 1.08 bits per heavy atom. The van der Waals surface area contributed by atoms with E-state index in [9.17, 15) is 0 Å². The van der Waals surface area contributed by atoms with E-state index in [0.717, 1.165) is 49.8 Å². The molecule has 0 aliphatic carbocycles. The summed E-state index contributed by atoms with van der Waals surface area (Å²) in [4.78, 5) is 15.1. The van der Waals surface area contributed by atoms with Gasteiger partial charge in [0, 0.05) is 43.9 Å². The van der Waals surface area contributed by atoms with Crippen LogP contribution >= 0.6 is 0 Å². The zero-order chi connectivity index (χ0) is 34.8. The van der Waals surface area contributed by atoms with Gasteiger partial charge in [0.1, 0.15) is 11.2 Å². The smallest absolute Gasteiger partial charge is 0.164 e. The molecule has 0 bridgehead atoms. The molecule has 0 atom stereocenters. The number of benzene rings is 7. The highest BCUT2D eigenvalue weighted by Crippen LogP contribution is 2.41. The summed E-state index contributed by atoms with van der Waals surface area (Å²) in [7, 11) is 0. The molecule has 0 saturated carbocycles. The predicted molar refractivity (Wildman–Crippen MR) is 213 cm³/mol. The second-order valence-electron chi connectivity index (χ2n) is 13.4. The minimum atomic E-state index is 0.600. The van der Waals surface area contributed by atoms with E-state index in [-0.39, 0.29) is 0 Å². The van der Waals surface area contributed by atoms with E-state index in [1.807, 2.05) is 72.8 Å². The van der Waals surface area contributed by atoms with Crippen molar-refractivity contribution in [3.8, 4) is 51.0 Å². The van der Waals surface area contributed by atoms with Crippen LogP contribution < -0.4 is 0 Å². The summed E-state index contributed by atoms with van der Waals surface area (Å²) in [6, 6.07) is 54.8. The van der Waals surface area contributed by atoms with Gasteiger partial charge in [0.15, 0.2) is 17.5 Å². The molecule has 0 spiro atoms. The van der Waals surface area contributed by atoms with Crippen LogP contribution in [0.5, 0.6) is 0 Å². The number of rotatable bonds is 5. The SMILES string of the molecule is Cc1ccccc1-c1cc2c3ccccc3n(-c3ccc4oc5cccc(-c6nc(-c7ccccc7)nc(-c7ccccc7)n6)c5c4c3)c2cc1C. The van der Waals surface area contributed by atoms with Crippen molar-refractivity contribution in [2.75, 3.05) is 0 Å². The van der Waals surface area contributed by atoms with E-state index in [0.29, 0.717) is 17.5 Å². The summed E-state index contributed by atoms with van der Waals surface area (Å²) in [5, 5.41) is 4.43. The van der Waals surface area contributed by atoms with Crippen LogP contribution in [0.2, 0.25) is 0 Å². The lowest BCUT2D eigenvalue weighted by molar-refractivity contribution is 0.669. The summed E-state index contributed by atoms with van der Waals surface area (Å²) in [6.07, 6.45) is 0. The first kappa shape index (κ1) is 30.0. The Balaban J connectivity index is 1.21. The van der Waals surface area contributed by atoms with Gasteiger partial charge in [0.2, 0.25) is 0 Å². The van der Waals surface area contributed by atoms with E-state index < -0.39 is 0 Å². The Morgan fingerprint density at radius 1 is 0.423 bits per heavy atom. The second-order valence-corrected chi connectivity index (χ2v) is 13.4. The molecule has 10 rings (SSSR count). The summed E-state index contributed by atoms with van der Waals surface area (Å²) in [5.74, 6) is 1.85. The molecular weight excluding hydrogens is 637 g/mol. The number of aryl methyl sites for hydroxylation is 2. The highest BCUT2D eigenvalue weighted by molar-refractivity contribution is 6.14. The van der Waals surface area contributed by atoms with Gasteiger partial charge >= 0.3 is 0 Å². The molecule has 7 aromatic carbocycles. The summed E-state index contributed by atoms with van der Waals surface area (Å²) in [6.45, 7) is 4.40. The zero-order valence-corrected chi connectivity index (χ0v) is 28.7. The second kappa shape index (κ2) is 11.9. The normalized spacial score (nSPS) is 11.7. The fraction of sp³-hybridized carbons (Fsp3) is 0.0426. The third-order valence-electron chi connectivity index (χ3n) is 10.1. The van der Waals surface area contributed by atoms with E-state index in [4.69, 9.17) is 19.4 Å². The number of aromatic nitrogens is 4. The highest BCUT2D eigenvalue weighted by atomic mass is 16.3. The zero-order valence-electron chi connectivity index (χ0n) is 28.7. The van der Waals surface area contributed by atoms with Crippen molar-refractivity contribution in [1.82, 2.24) is 19.5 Å². The molecule has 0 aliphatic heterocycles. The van der Waals surface area contributed by atoms with Crippen molar-refractivity contribution >= 4 is 43.7 Å². The maximum absolute atomic E-state index is 6.51. The van der Waals surface area contributed by atoms with Crippen LogP contribution in [0.3, 0.4) is 0 Å². The molecule has 0 N–H and O–H groups in total. The van der Waals surface area contributed by atoms with Crippen LogP contribution in [0.15, 0.2) is 162 Å². The predicted octanol–water partition coefficient (Wildman–Crippen LogP) is 12.2. The molecule has 0 saturated heterocycles. The average molecular weight is 669 g/mol. The van der Waals surface area contributed by atoms with Crippen molar-refractivity contribution in [3.63, 3.8) is 0 Å². The monoisotopic (exact) mass is 668 g/mol. The average Bonchev–Trinajstić information content (AvgIpc) is 3.73. The molecule has 0 fully saturated rings. The van der Waals surface area contributed by atoms with Gasteiger partial charge < -0.3 is 8.98 Å². The van der Waals surface area contributed by atoms with Crippen LogP contribution in [0.1, 0.15) is 11.1 Å². The first-order valence-corrected chi connectivity index (χ1v) is 17.5. The molecule has 10 aromatic rings. The quantitative estimate of drug-likeness (QED) is 0.183. The number of nitrogens with zero attached hydrogens (tertiary/aromatic N) is 4. The fourth-order valence-electron chi connectivity index (χ4n) is 7.63. The molecule has 3 aromatic heterocycles. The van der Waals surface area contributed by atoms with Gasteiger partial charge in [0.05, 0.1) is 11.0 Å². The molecule has 52 heavy (non-hydrogen) atoms. The third-order valence-corrected chi connectivity index (χ3v) is 10.1. The van der Waals surface area contributed by atoms with Gasteiger partial charge in [-0.05, 0) is 78.6 Å². The molecule has 246 valence electrons. The van der Waals surface area contributed by atoms with Crippen LogP contribution in [-0.4, -0.2) is 19.5 Å². The lowest BCUT2D eigenvalue weighted by atomic mass is 9.95. The maximum atomic E-state index is 6.51. The van der Waals surface area contributed by atoms with Crippen molar-refractivity contribution < 1.29 is 4.42 Å². The fourth-order valence-corrected chi connectivity index (χ4v) is 7.63. The van der Waals surface area contributed by atoms with Crippen LogP contribution in [0.25, 0.3) is 94.7 Å². The molecule has 0 amide bonds. The molecule has 0 aliphatic rings. The first-order chi connectivity index (χ1) is 25.6. The van der Waals surface area contributed by atoms with Gasteiger partial charge in [-0.25, -0.2) is 15.0 Å². The van der Waals surface area contributed by atoms with Gasteiger partial charge in [0.25, 0.3) is 0 Å². The number of para-hydroxylation sites is 1. The molecule has 0 radical (unpaired) electrons. The third kappa shape index (κ3) is 4.82.